The van der Waals surface area contributed by atoms with E-state index in [1.54, 1.807) is 27.4 Å². The van der Waals surface area contributed by atoms with Crippen LogP contribution in [0.25, 0.3) is 11.4 Å². The molecular weight excluding hydrogens is 646 g/mol. The lowest BCUT2D eigenvalue weighted by atomic mass is 10.1. The van der Waals surface area contributed by atoms with Gasteiger partial charge in [0.05, 0.1) is 27.9 Å². The fraction of sp³-hybridized carbons (Fsp3) is 0.219. The van der Waals surface area contributed by atoms with Crippen molar-refractivity contribution in [2.24, 2.45) is 0 Å². The average molecular weight is 679 g/mol. The molecule has 0 unspecified atom stereocenters. The van der Waals surface area contributed by atoms with E-state index in [4.69, 9.17) is 14.2 Å². The van der Waals surface area contributed by atoms with Crippen LogP contribution in [0.2, 0.25) is 0 Å². The van der Waals surface area contributed by atoms with Crippen molar-refractivity contribution < 1.29 is 22.6 Å². The van der Waals surface area contributed by atoms with Crippen molar-refractivity contribution in [1.82, 2.24) is 24.5 Å². The van der Waals surface area contributed by atoms with E-state index in [2.05, 4.69) is 31.3 Å². The van der Waals surface area contributed by atoms with Crippen LogP contribution in [0.1, 0.15) is 22.3 Å². The average Bonchev–Trinajstić information content (AvgIpc) is 3.50. The predicted octanol–water partition coefficient (Wildman–Crippen LogP) is 5.88. The minimum absolute atomic E-state index is 0.0727. The molecule has 1 aromatic heterocycles. The number of halogens is 1. The van der Waals surface area contributed by atoms with Gasteiger partial charge >= 0.3 is 0 Å². The van der Waals surface area contributed by atoms with Gasteiger partial charge in [-0.2, -0.15) is 9.10 Å². The molecule has 10 nitrogen and oxygen atoms in total. The van der Waals surface area contributed by atoms with Gasteiger partial charge in [-0.3, -0.25) is 0 Å². The van der Waals surface area contributed by atoms with Gasteiger partial charge in [-0.25, -0.2) is 8.42 Å². The molecule has 0 aliphatic rings. The van der Waals surface area contributed by atoms with Crippen LogP contribution in [0.3, 0.4) is 0 Å². The Morgan fingerprint density at radius 3 is 1.68 bits per heavy atom. The van der Waals surface area contributed by atoms with E-state index in [-0.39, 0.29) is 23.8 Å². The SMILES string of the molecule is COc1ccc(CN(Cc2ccc(OC)cc2)S(=O)(=O)c2c(Br)ccc(C)c2-c2nnn(Cc3ccc(OC)cc3)n2)cc1. The first-order valence-electron chi connectivity index (χ1n) is 13.7. The van der Waals surface area contributed by atoms with E-state index < -0.39 is 10.0 Å². The summed E-state index contributed by atoms with van der Waals surface area (Å²) in [7, 11) is 0.669. The van der Waals surface area contributed by atoms with E-state index in [1.165, 1.54) is 9.10 Å². The highest BCUT2D eigenvalue weighted by molar-refractivity contribution is 9.10. The summed E-state index contributed by atoms with van der Waals surface area (Å²) in [5, 5.41) is 13.1. The lowest BCUT2D eigenvalue weighted by molar-refractivity contribution is 0.397. The van der Waals surface area contributed by atoms with Crippen molar-refractivity contribution in [3.8, 4) is 28.6 Å². The van der Waals surface area contributed by atoms with Crippen molar-refractivity contribution in [3.05, 3.63) is 112 Å². The van der Waals surface area contributed by atoms with Crippen molar-refractivity contribution in [2.45, 2.75) is 31.5 Å². The molecule has 4 aromatic carbocycles. The Labute approximate surface area is 265 Å². The summed E-state index contributed by atoms with van der Waals surface area (Å²) in [5.74, 6) is 2.33. The Morgan fingerprint density at radius 1 is 0.727 bits per heavy atom. The molecule has 228 valence electrons. The molecule has 5 rings (SSSR count). The van der Waals surface area contributed by atoms with Crippen LogP contribution in [0.15, 0.2) is 94.3 Å². The molecule has 0 radical (unpaired) electrons. The molecule has 12 heteroatoms. The standard InChI is InChI=1S/C32H32BrN5O5S/c1-22-5-18-29(33)31(30(22)32-34-36-38(35-32)21-25-10-16-28(43-4)17-11-25)44(39,40)37(19-23-6-12-26(41-2)13-7-23)20-24-8-14-27(42-3)15-9-24/h5-18H,19-21H2,1-4H3. The van der Waals surface area contributed by atoms with Crippen molar-refractivity contribution >= 4 is 26.0 Å². The molecule has 0 aliphatic carbocycles. The maximum absolute atomic E-state index is 14.7. The number of nitrogens with zero attached hydrogens (tertiary/aromatic N) is 5. The van der Waals surface area contributed by atoms with E-state index in [9.17, 15) is 8.42 Å². The third-order valence-corrected chi connectivity index (χ3v) is 9.91. The van der Waals surface area contributed by atoms with Gasteiger partial charge < -0.3 is 14.2 Å². The monoisotopic (exact) mass is 677 g/mol. The smallest absolute Gasteiger partial charge is 0.245 e. The van der Waals surface area contributed by atoms with Crippen LogP contribution in [0.4, 0.5) is 0 Å². The highest BCUT2D eigenvalue weighted by Crippen LogP contribution is 2.37. The quantitative estimate of drug-likeness (QED) is 0.161. The normalized spacial score (nSPS) is 11.5. The molecule has 0 saturated heterocycles. The number of rotatable bonds is 12. The fourth-order valence-electron chi connectivity index (χ4n) is 4.71. The second-order valence-electron chi connectivity index (χ2n) is 10.0. The van der Waals surface area contributed by atoms with Gasteiger partial charge in [-0.1, -0.05) is 42.5 Å². The molecule has 0 amide bonds. The van der Waals surface area contributed by atoms with Crippen molar-refractivity contribution in [2.75, 3.05) is 21.3 Å². The number of benzene rings is 4. The van der Waals surface area contributed by atoms with Gasteiger partial charge in [-0.05, 0) is 92.8 Å². The summed E-state index contributed by atoms with van der Waals surface area (Å²) in [6.07, 6.45) is 0. The van der Waals surface area contributed by atoms with Gasteiger partial charge in [0.25, 0.3) is 0 Å². The zero-order valence-corrected chi connectivity index (χ0v) is 27.2. The number of methoxy groups -OCH3 is 3. The number of hydrogen-bond acceptors (Lipinski definition) is 8. The summed E-state index contributed by atoms with van der Waals surface area (Å²) in [6, 6.07) is 25.8. The molecule has 0 atom stereocenters. The maximum atomic E-state index is 14.7. The van der Waals surface area contributed by atoms with E-state index in [1.807, 2.05) is 85.8 Å². The largest absolute Gasteiger partial charge is 0.497 e. The minimum atomic E-state index is -4.13. The summed E-state index contributed by atoms with van der Waals surface area (Å²) in [6.45, 7) is 2.43. The van der Waals surface area contributed by atoms with Crippen molar-refractivity contribution in [3.63, 3.8) is 0 Å². The Hall–Kier alpha value is -4.26. The number of aryl methyl sites for hydroxylation is 1. The lowest BCUT2D eigenvalue weighted by Crippen LogP contribution is -2.31. The van der Waals surface area contributed by atoms with Gasteiger partial charge in [0.1, 0.15) is 22.1 Å². The first kappa shape index (κ1) is 31.2. The van der Waals surface area contributed by atoms with Crippen LogP contribution in [-0.2, 0) is 29.7 Å². The zero-order chi connectivity index (χ0) is 31.3. The third-order valence-electron chi connectivity index (χ3n) is 7.11. The Bertz CT molecular complexity index is 1780. The molecular formula is C32H32BrN5O5S. The van der Waals surface area contributed by atoms with Crippen LogP contribution in [-0.4, -0.2) is 54.3 Å². The lowest BCUT2D eigenvalue weighted by Gasteiger charge is -2.25. The topological polar surface area (TPSA) is 109 Å². The first-order valence-corrected chi connectivity index (χ1v) is 15.9. The second kappa shape index (κ2) is 13.6. The minimum Gasteiger partial charge on any atom is -0.497 e. The van der Waals surface area contributed by atoms with Gasteiger partial charge in [-0.15, -0.1) is 10.2 Å². The van der Waals surface area contributed by atoms with Crippen molar-refractivity contribution in [1.29, 1.82) is 0 Å². The van der Waals surface area contributed by atoms with Gasteiger partial charge in [0, 0.05) is 23.1 Å². The predicted molar refractivity (Wildman–Crippen MR) is 170 cm³/mol. The Balaban J connectivity index is 1.54. The number of ether oxygens (including phenoxy) is 3. The maximum Gasteiger partial charge on any atom is 0.245 e. The third kappa shape index (κ3) is 6.93. The van der Waals surface area contributed by atoms with E-state index in [0.717, 1.165) is 22.4 Å². The molecule has 5 aromatic rings. The van der Waals surface area contributed by atoms with Crippen LogP contribution in [0, 0.1) is 6.92 Å². The Kier molecular flexibility index (Phi) is 9.62. The summed E-state index contributed by atoms with van der Waals surface area (Å²) in [5.41, 5.74) is 3.63. The summed E-state index contributed by atoms with van der Waals surface area (Å²) >= 11 is 3.53. The molecule has 0 aliphatic heterocycles. The molecule has 0 N–H and O–H groups in total. The number of aromatic nitrogens is 4. The second-order valence-corrected chi connectivity index (χ2v) is 12.8. The molecule has 44 heavy (non-hydrogen) atoms. The molecule has 0 bridgehead atoms. The molecule has 0 spiro atoms. The summed E-state index contributed by atoms with van der Waals surface area (Å²) < 4.78 is 47.0. The zero-order valence-electron chi connectivity index (χ0n) is 24.8. The summed E-state index contributed by atoms with van der Waals surface area (Å²) in [4.78, 5) is 1.52. The van der Waals surface area contributed by atoms with Crippen LogP contribution < -0.4 is 14.2 Å². The fourth-order valence-corrected chi connectivity index (χ4v) is 7.38. The van der Waals surface area contributed by atoms with E-state index in [0.29, 0.717) is 33.6 Å². The van der Waals surface area contributed by atoms with Crippen LogP contribution in [0.5, 0.6) is 17.2 Å². The molecule has 1 heterocycles. The first-order chi connectivity index (χ1) is 21.2. The van der Waals surface area contributed by atoms with Gasteiger partial charge in [0.2, 0.25) is 15.8 Å². The van der Waals surface area contributed by atoms with Gasteiger partial charge in [0.15, 0.2) is 0 Å². The number of tetrazole rings is 1. The highest BCUT2D eigenvalue weighted by atomic mass is 79.9. The van der Waals surface area contributed by atoms with E-state index >= 15 is 0 Å². The highest BCUT2D eigenvalue weighted by Gasteiger charge is 2.32. The molecule has 0 fully saturated rings. The van der Waals surface area contributed by atoms with Crippen LogP contribution >= 0.6 is 15.9 Å². The Morgan fingerprint density at radius 2 is 1.20 bits per heavy atom. The number of hydrogen-bond donors (Lipinski definition) is 0. The number of sulfonamides is 1. The molecule has 0 saturated carbocycles.